The molecule has 0 aliphatic carbocycles. The number of piperidine rings is 1. The SMILES string of the molecule is Cc1cccc(CNC(=O)N2CCC(CO)CC2)c1. The number of urea groups is 1. The van der Waals surface area contributed by atoms with Gasteiger partial charge in [0.05, 0.1) is 0 Å². The molecule has 0 bridgehead atoms. The Morgan fingerprint density at radius 3 is 2.79 bits per heavy atom. The summed E-state index contributed by atoms with van der Waals surface area (Å²) in [6.45, 7) is 4.33. The van der Waals surface area contributed by atoms with E-state index in [0.717, 1.165) is 31.5 Å². The van der Waals surface area contributed by atoms with Gasteiger partial charge in [0.15, 0.2) is 0 Å². The maximum Gasteiger partial charge on any atom is 0.317 e. The number of amides is 2. The zero-order chi connectivity index (χ0) is 13.7. The van der Waals surface area contributed by atoms with Crippen molar-refractivity contribution in [1.82, 2.24) is 10.2 Å². The van der Waals surface area contributed by atoms with E-state index in [1.165, 1.54) is 5.56 Å². The molecule has 104 valence electrons. The van der Waals surface area contributed by atoms with Gasteiger partial charge >= 0.3 is 6.03 Å². The van der Waals surface area contributed by atoms with E-state index < -0.39 is 0 Å². The number of hydrogen-bond donors (Lipinski definition) is 2. The minimum Gasteiger partial charge on any atom is -0.396 e. The quantitative estimate of drug-likeness (QED) is 0.874. The van der Waals surface area contributed by atoms with E-state index in [1.807, 2.05) is 30.0 Å². The lowest BCUT2D eigenvalue weighted by Crippen LogP contribution is -2.44. The Morgan fingerprint density at radius 1 is 1.42 bits per heavy atom. The summed E-state index contributed by atoms with van der Waals surface area (Å²) in [6.07, 6.45) is 1.79. The first-order valence-electron chi connectivity index (χ1n) is 6.88. The van der Waals surface area contributed by atoms with Gasteiger partial charge in [0.1, 0.15) is 0 Å². The molecule has 0 unspecified atom stereocenters. The number of aliphatic hydroxyl groups is 1. The van der Waals surface area contributed by atoms with Gasteiger partial charge in [-0.2, -0.15) is 0 Å². The van der Waals surface area contributed by atoms with Crippen molar-refractivity contribution in [2.24, 2.45) is 5.92 Å². The molecule has 2 amide bonds. The van der Waals surface area contributed by atoms with Crippen LogP contribution in [0.1, 0.15) is 24.0 Å². The van der Waals surface area contributed by atoms with E-state index >= 15 is 0 Å². The molecule has 0 radical (unpaired) electrons. The number of benzene rings is 1. The van der Waals surface area contributed by atoms with Crippen LogP contribution < -0.4 is 5.32 Å². The average Bonchev–Trinajstić information content (AvgIpc) is 2.45. The van der Waals surface area contributed by atoms with Gasteiger partial charge in [0.2, 0.25) is 0 Å². The van der Waals surface area contributed by atoms with Crippen LogP contribution >= 0.6 is 0 Å². The van der Waals surface area contributed by atoms with Crippen LogP contribution in [0, 0.1) is 12.8 Å². The Balaban J connectivity index is 1.79. The lowest BCUT2D eigenvalue weighted by Gasteiger charge is -2.31. The second-order valence-electron chi connectivity index (χ2n) is 5.26. The summed E-state index contributed by atoms with van der Waals surface area (Å²) in [5.41, 5.74) is 2.33. The zero-order valence-electron chi connectivity index (χ0n) is 11.4. The molecule has 2 rings (SSSR count). The molecular formula is C15H22N2O2. The van der Waals surface area contributed by atoms with Crippen LogP contribution in [0.25, 0.3) is 0 Å². The topological polar surface area (TPSA) is 52.6 Å². The summed E-state index contributed by atoms with van der Waals surface area (Å²) in [4.78, 5) is 13.8. The summed E-state index contributed by atoms with van der Waals surface area (Å²) in [5.74, 6) is 0.362. The molecule has 1 heterocycles. The number of hydrogen-bond acceptors (Lipinski definition) is 2. The fraction of sp³-hybridized carbons (Fsp3) is 0.533. The fourth-order valence-corrected chi connectivity index (χ4v) is 2.43. The molecule has 0 atom stereocenters. The average molecular weight is 262 g/mol. The summed E-state index contributed by atoms with van der Waals surface area (Å²) in [5, 5.41) is 12.0. The molecule has 1 aliphatic rings. The first-order valence-corrected chi connectivity index (χ1v) is 6.88. The number of nitrogens with zero attached hydrogens (tertiary/aromatic N) is 1. The number of aryl methyl sites for hydroxylation is 1. The van der Waals surface area contributed by atoms with Crippen LogP contribution in [0.5, 0.6) is 0 Å². The summed E-state index contributed by atoms with van der Waals surface area (Å²) < 4.78 is 0. The number of carbonyl (C=O) groups excluding carboxylic acids is 1. The predicted octanol–water partition coefficient (Wildman–Crippen LogP) is 1.91. The summed E-state index contributed by atoms with van der Waals surface area (Å²) in [7, 11) is 0. The van der Waals surface area contributed by atoms with Gasteiger partial charge in [-0.1, -0.05) is 29.8 Å². The fourth-order valence-electron chi connectivity index (χ4n) is 2.43. The molecule has 4 nitrogen and oxygen atoms in total. The predicted molar refractivity (Wildman–Crippen MR) is 74.8 cm³/mol. The lowest BCUT2D eigenvalue weighted by molar-refractivity contribution is 0.137. The molecule has 1 aliphatic heterocycles. The van der Waals surface area contributed by atoms with Crippen LogP contribution in [0.4, 0.5) is 4.79 Å². The third-order valence-corrected chi connectivity index (χ3v) is 3.69. The Bertz CT molecular complexity index is 426. The van der Waals surface area contributed by atoms with Crippen molar-refractivity contribution in [2.75, 3.05) is 19.7 Å². The van der Waals surface area contributed by atoms with Crippen LogP contribution in [0.3, 0.4) is 0 Å². The van der Waals surface area contributed by atoms with Crippen molar-refractivity contribution in [1.29, 1.82) is 0 Å². The minimum atomic E-state index is -0.00195. The molecule has 1 aromatic carbocycles. The Morgan fingerprint density at radius 2 is 2.16 bits per heavy atom. The molecule has 0 aromatic heterocycles. The number of aliphatic hydroxyl groups excluding tert-OH is 1. The third kappa shape index (κ3) is 3.96. The van der Waals surface area contributed by atoms with Crippen molar-refractivity contribution in [3.63, 3.8) is 0 Å². The Hall–Kier alpha value is -1.55. The normalized spacial score (nSPS) is 16.4. The first-order chi connectivity index (χ1) is 9.19. The van der Waals surface area contributed by atoms with Crippen LogP contribution in [0.15, 0.2) is 24.3 Å². The Kier molecular flexibility index (Phi) is 4.80. The first kappa shape index (κ1) is 13.9. The van der Waals surface area contributed by atoms with E-state index in [9.17, 15) is 4.79 Å². The van der Waals surface area contributed by atoms with E-state index in [0.29, 0.717) is 12.5 Å². The smallest absolute Gasteiger partial charge is 0.317 e. The van der Waals surface area contributed by atoms with E-state index in [1.54, 1.807) is 0 Å². The molecule has 19 heavy (non-hydrogen) atoms. The second kappa shape index (κ2) is 6.57. The van der Waals surface area contributed by atoms with Crippen molar-refractivity contribution in [3.8, 4) is 0 Å². The molecule has 0 spiro atoms. The van der Waals surface area contributed by atoms with Crippen molar-refractivity contribution in [3.05, 3.63) is 35.4 Å². The monoisotopic (exact) mass is 262 g/mol. The van der Waals surface area contributed by atoms with Gasteiger partial charge < -0.3 is 15.3 Å². The highest BCUT2D eigenvalue weighted by atomic mass is 16.3. The molecule has 1 fully saturated rings. The van der Waals surface area contributed by atoms with E-state index in [4.69, 9.17) is 5.11 Å². The van der Waals surface area contributed by atoms with Crippen LogP contribution in [-0.4, -0.2) is 35.7 Å². The molecule has 4 heteroatoms. The highest BCUT2D eigenvalue weighted by Gasteiger charge is 2.21. The molecular weight excluding hydrogens is 240 g/mol. The van der Waals surface area contributed by atoms with Gasteiger partial charge in [0.25, 0.3) is 0 Å². The van der Waals surface area contributed by atoms with E-state index in [-0.39, 0.29) is 12.6 Å². The molecule has 1 saturated heterocycles. The standard InChI is InChI=1S/C15H22N2O2/c1-12-3-2-4-14(9-12)10-16-15(19)17-7-5-13(11-18)6-8-17/h2-4,9,13,18H,5-8,10-11H2,1H3,(H,16,19). The Labute approximate surface area is 114 Å². The van der Waals surface area contributed by atoms with Crippen molar-refractivity contribution in [2.45, 2.75) is 26.3 Å². The van der Waals surface area contributed by atoms with Crippen LogP contribution in [-0.2, 0) is 6.54 Å². The number of carbonyl (C=O) groups is 1. The molecule has 1 aromatic rings. The maximum absolute atomic E-state index is 12.0. The van der Waals surface area contributed by atoms with Gasteiger partial charge in [-0.15, -0.1) is 0 Å². The largest absolute Gasteiger partial charge is 0.396 e. The maximum atomic E-state index is 12.0. The number of likely N-dealkylation sites (tertiary alicyclic amines) is 1. The van der Waals surface area contributed by atoms with Crippen molar-refractivity contribution < 1.29 is 9.90 Å². The lowest BCUT2D eigenvalue weighted by atomic mass is 9.98. The van der Waals surface area contributed by atoms with Gasteiger partial charge in [0, 0.05) is 26.2 Å². The van der Waals surface area contributed by atoms with Gasteiger partial charge in [-0.25, -0.2) is 4.79 Å². The highest BCUT2D eigenvalue weighted by molar-refractivity contribution is 5.74. The van der Waals surface area contributed by atoms with Gasteiger partial charge in [-0.3, -0.25) is 0 Å². The zero-order valence-corrected chi connectivity index (χ0v) is 11.4. The molecule has 0 saturated carbocycles. The molecule has 2 N–H and O–H groups in total. The number of nitrogens with one attached hydrogen (secondary N) is 1. The second-order valence-corrected chi connectivity index (χ2v) is 5.26. The number of rotatable bonds is 3. The third-order valence-electron chi connectivity index (χ3n) is 3.69. The van der Waals surface area contributed by atoms with Gasteiger partial charge in [-0.05, 0) is 31.2 Å². The summed E-state index contributed by atoms with van der Waals surface area (Å²) >= 11 is 0. The minimum absolute atomic E-state index is 0.00195. The highest BCUT2D eigenvalue weighted by Crippen LogP contribution is 2.16. The van der Waals surface area contributed by atoms with E-state index in [2.05, 4.69) is 11.4 Å². The summed E-state index contributed by atoms with van der Waals surface area (Å²) in [6, 6.07) is 8.15. The van der Waals surface area contributed by atoms with Crippen molar-refractivity contribution >= 4 is 6.03 Å². The van der Waals surface area contributed by atoms with Crippen LogP contribution in [0.2, 0.25) is 0 Å².